The predicted octanol–water partition coefficient (Wildman–Crippen LogP) is 1.66. The van der Waals surface area contributed by atoms with E-state index in [0.29, 0.717) is 65.7 Å². The molecule has 15 heteroatoms. The molecule has 0 spiro atoms. The van der Waals surface area contributed by atoms with Gasteiger partial charge in [-0.25, -0.2) is 29.7 Å². The molecule has 2 unspecified atom stereocenters. The molecule has 0 radical (unpaired) electrons. The van der Waals surface area contributed by atoms with E-state index in [0.717, 1.165) is 0 Å². The number of nitrogens with two attached hydrogens (primary N) is 2. The van der Waals surface area contributed by atoms with Crippen LogP contribution in [0.5, 0.6) is 0 Å². The minimum Gasteiger partial charge on any atom is -0.474 e. The lowest BCUT2D eigenvalue weighted by molar-refractivity contribution is -0.384. The van der Waals surface area contributed by atoms with Crippen LogP contribution in [-0.2, 0) is 36.5 Å². The van der Waals surface area contributed by atoms with E-state index < -0.39 is 24.3 Å². The van der Waals surface area contributed by atoms with Gasteiger partial charge in [-0.15, -0.1) is 0 Å². The molecule has 4 N–H and O–H groups in total. The summed E-state index contributed by atoms with van der Waals surface area (Å²) in [5.74, 6) is 1.66. The second-order valence-electron chi connectivity index (χ2n) is 9.58. The Morgan fingerprint density at radius 3 is 2.10 bits per heavy atom. The minimum absolute atomic E-state index is 0.0997. The zero-order chi connectivity index (χ0) is 29.2. The Morgan fingerprint density at radius 1 is 0.905 bits per heavy atom. The zero-order valence-electron chi connectivity index (χ0n) is 23.1. The second kappa shape index (κ2) is 12.0. The Bertz CT molecular complexity index is 1510. The Balaban J connectivity index is 1.19. The molecule has 3 aliphatic rings. The van der Waals surface area contributed by atoms with Crippen LogP contribution in [0.2, 0.25) is 0 Å². The lowest BCUT2D eigenvalue weighted by Crippen LogP contribution is -2.32. The number of nitrogens with zero attached hydrogens (tertiary/aromatic N) is 5. The first-order valence-electron chi connectivity index (χ1n) is 13.7. The fourth-order valence-electron chi connectivity index (χ4n) is 4.63. The van der Waals surface area contributed by atoms with Gasteiger partial charge in [-0.1, -0.05) is 6.07 Å². The van der Waals surface area contributed by atoms with E-state index in [1.165, 1.54) is 0 Å². The Morgan fingerprint density at radius 2 is 1.50 bits per heavy atom. The third kappa shape index (κ3) is 5.51. The molecule has 6 heterocycles. The van der Waals surface area contributed by atoms with Crippen LogP contribution < -0.4 is 11.5 Å². The van der Waals surface area contributed by atoms with Gasteiger partial charge >= 0.3 is 5.97 Å². The molecule has 3 aromatic rings. The van der Waals surface area contributed by atoms with Gasteiger partial charge in [0, 0.05) is 12.8 Å². The number of rotatable bonds is 11. The highest BCUT2D eigenvalue weighted by Crippen LogP contribution is 2.36. The summed E-state index contributed by atoms with van der Waals surface area (Å²) in [4.78, 5) is 35.1. The predicted molar refractivity (Wildman–Crippen MR) is 144 cm³/mol. The molecule has 3 aliphatic heterocycles. The van der Waals surface area contributed by atoms with Crippen molar-refractivity contribution in [2.24, 2.45) is 21.5 Å². The monoisotopic (exact) mass is 581 g/mol. The summed E-state index contributed by atoms with van der Waals surface area (Å²) >= 11 is 0. The van der Waals surface area contributed by atoms with E-state index in [1.807, 2.05) is 0 Å². The molecule has 0 amide bonds. The number of ether oxygens (including phenoxy) is 5. The Hall–Kier alpha value is -4.18. The third-order valence-corrected chi connectivity index (χ3v) is 6.58. The summed E-state index contributed by atoms with van der Waals surface area (Å²) in [6.45, 7) is 4.81. The van der Waals surface area contributed by atoms with Crippen molar-refractivity contribution in [2.45, 2.75) is 51.4 Å². The molecular formula is C27H31N7O8. The van der Waals surface area contributed by atoms with Gasteiger partial charge in [0.05, 0.1) is 6.61 Å². The SMILES string of the molecule is CCOC(=O)c1nc(C2COC(c3cccc(C4=NC(c5nc(C6OC(C)O6)c(CCN)o5)CO4)n3)=N2)oc1CCN. The lowest BCUT2D eigenvalue weighted by atomic mass is 10.2. The molecule has 0 saturated carbocycles. The van der Waals surface area contributed by atoms with Crippen molar-refractivity contribution < 1.29 is 37.3 Å². The van der Waals surface area contributed by atoms with Gasteiger partial charge in [0.2, 0.25) is 29.9 Å². The largest absolute Gasteiger partial charge is 0.474 e. The summed E-state index contributed by atoms with van der Waals surface area (Å²) in [7, 11) is 0. The Kier molecular flexibility index (Phi) is 7.97. The minimum atomic E-state index is -0.584. The van der Waals surface area contributed by atoms with Gasteiger partial charge in [0.25, 0.3) is 0 Å². The summed E-state index contributed by atoms with van der Waals surface area (Å²) in [6.07, 6.45) is -0.0568. The maximum atomic E-state index is 12.3. The van der Waals surface area contributed by atoms with Crippen LogP contribution in [-0.4, -0.2) is 71.9 Å². The lowest BCUT2D eigenvalue weighted by Gasteiger charge is -2.32. The smallest absolute Gasteiger partial charge is 0.360 e. The van der Waals surface area contributed by atoms with Crippen LogP contribution in [0.4, 0.5) is 0 Å². The van der Waals surface area contributed by atoms with E-state index in [-0.39, 0.29) is 44.2 Å². The Labute approximate surface area is 240 Å². The first-order chi connectivity index (χ1) is 20.5. The molecule has 0 aliphatic carbocycles. The van der Waals surface area contributed by atoms with Crippen molar-refractivity contribution in [3.8, 4) is 0 Å². The number of aromatic nitrogens is 3. The van der Waals surface area contributed by atoms with Crippen LogP contribution in [0.15, 0.2) is 37.0 Å². The van der Waals surface area contributed by atoms with Crippen molar-refractivity contribution in [3.63, 3.8) is 0 Å². The molecule has 2 atom stereocenters. The number of esters is 1. The van der Waals surface area contributed by atoms with Crippen molar-refractivity contribution in [3.05, 3.63) is 64.3 Å². The van der Waals surface area contributed by atoms with Gasteiger partial charge in [-0.05, 0) is 39.1 Å². The molecular weight excluding hydrogens is 550 g/mol. The molecule has 0 bridgehead atoms. The van der Waals surface area contributed by atoms with Crippen LogP contribution in [0.1, 0.15) is 83.1 Å². The summed E-state index contributed by atoms with van der Waals surface area (Å²) < 4.78 is 39.8. The quantitative estimate of drug-likeness (QED) is 0.310. The highest BCUT2D eigenvalue weighted by atomic mass is 16.9. The normalized spacial score (nSPS) is 23.1. The topological polar surface area (TPSA) is 205 Å². The fourth-order valence-corrected chi connectivity index (χ4v) is 4.63. The second-order valence-corrected chi connectivity index (χ2v) is 9.58. The van der Waals surface area contributed by atoms with Gasteiger partial charge in [-0.3, -0.25) is 0 Å². The van der Waals surface area contributed by atoms with E-state index >= 15 is 0 Å². The van der Waals surface area contributed by atoms with Crippen LogP contribution in [0, 0.1) is 0 Å². The fraction of sp³-hybridized carbons (Fsp3) is 0.481. The van der Waals surface area contributed by atoms with Gasteiger partial charge < -0.3 is 44.0 Å². The maximum absolute atomic E-state index is 12.3. The number of hydrogen-bond acceptors (Lipinski definition) is 15. The van der Waals surface area contributed by atoms with Gasteiger partial charge in [0.15, 0.2) is 24.1 Å². The summed E-state index contributed by atoms with van der Waals surface area (Å²) in [6, 6.07) is 4.29. The zero-order valence-corrected chi connectivity index (χ0v) is 23.1. The molecule has 222 valence electrons. The number of oxazole rings is 2. The summed E-state index contributed by atoms with van der Waals surface area (Å²) in [5, 5.41) is 0. The van der Waals surface area contributed by atoms with E-state index in [2.05, 4.69) is 24.9 Å². The van der Waals surface area contributed by atoms with Gasteiger partial charge in [-0.2, -0.15) is 0 Å². The molecule has 6 rings (SSSR count). The first kappa shape index (κ1) is 28.0. The first-order valence-corrected chi connectivity index (χ1v) is 13.7. The summed E-state index contributed by atoms with van der Waals surface area (Å²) in [5.41, 5.74) is 13.0. The average Bonchev–Trinajstić information content (AvgIpc) is 3.78. The van der Waals surface area contributed by atoms with E-state index in [1.54, 1.807) is 32.0 Å². The van der Waals surface area contributed by atoms with E-state index in [4.69, 9.17) is 44.0 Å². The third-order valence-electron chi connectivity index (χ3n) is 6.58. The number of hydrogen-bond donors (Lipinski definition) is 2. The van der Waals surface area contributed by atoms with Crippen molar-refractivity contribution in [2.75, 3.05) is 32.9 Å². The molecule has 0 aromatic carbocycles. The molecule has 3 aromatic heterocycles. The molecule has 42 heavy (non-hydrogen) atoms. The molecule has 1 fully saturated rings. The van der Waals surface area contributed by atoms with Crippen LogP contribution >= 0.6 is 0 Å². The standard InChI is InChI=1S/C27H31N7O8/c1-3-36-26(35)20-18(7-9-28)41-24(33-20)16-11-37-22(31-16)14-5-4-6-15(30-14)23-32-17(12-38-23)25-34-21(19(42-25)8-10-29)27-39-13(2)40-27/h4-6,13,16-17,27H,3,7-12,28-29H2,1-2H3. The van der Waals surface area contributed by atoms with Crippen molar-refractivity contribution >= 4 is 17.8 Å². The van der Waals surface area contributed by atoms with Crippen molar-refractivity contribution in [1.82, 2.24) is 15.0 Å². The number of carbonyl (C=O) groups is 1. The van der Waals surface area contributed by atoms with Gasteiger partial charge in [0.1, 0.15) is 41.8 Å². The molecule has 1 saturated heterocycles. The van der Waals surface area contributed by atoms with Crippen LogP contribution in [0.3, 0.4) is 0 Å². The highest BCUT2D eigenvalue weighted by Gasteiger charge is 2.36. The van der Waals surface area contributed by atoms with Crippen molar-refractivity contribution in [1.29, 1.82) is 0 Å². The number of carbonyl (C=O) groups excluding carboxylic acids is 1. The maximum Gasteiger partial charge on any atom is 0.360 e. The van der Waals surface area contributed by atoms with Crippen LogP contribution in [0.25, 0.3) is 0 Å². The van der Waals surface area contributed by atoms with E-state index in [9.17, 15) is 4.79 Å². The average molecular weight is 582 g/mol. The molecule has 15 nitrogen and oxygen atoms in total. The number of aliphatic imine (C=N–C) groups is 2. The number of pyridine rings is 1. The highest BCUT2D eigenvalue weighted by molar-refractivity contribution is 5.97.